The molecule has 0 amide bonds. The normalized spacial score (nSPS) is 29.7. The minimum Gasteiger partial charge on any atom is -0.310 e. The number of aromatic amines is 1. The van der Waals surface area contributed by atoms with E-state index >= 15 is 0 Å². The maximum atomic E-state index is 14.2. The van der Waals surface area contributed by atoms with Crippen molar-refractivity contribution in [3.05, 3.63) is 46.2 Å². The summed E-state index contributed by atoms with van der Waals surface area (Å²) in [6.45, 7) is 3.63. The molecule has 0 spiro atoms. The molecule has 2 aliphatic rings. The van der Waals surface area contributed by atoms with E-state index in [9.17, 15) is 9.18 Å². The molecular formula is C21H25FN6O. The smallest absolute Gasteiger partial charge is 0.262 e. The number of aryl methyl sites for hydroxylation is 1. The summed E-state index contributed by atoms with van der Waals surface area (Å²) >= 11 is 0. The lowest BCUT2D eigenvalue weighted by atomic mass is 9.72. The van der Waals surface area contributed by atoms with Gasteiger partial charge in [0.15, 0.2) is 5.65 Å². The first-order chi connectivity index (χ1) is 13.9. The summed E-state index contributed by atoms with van der Waals surface area (Å²) in [7, 11) is 0. The van der Waals surface area contributed by atoms with Crippen LogP contribution < -0.4 is 5.56 Å². The first-order valence-electron chi connectivity index (χ1n) is 10.4. The summed E-state index contributed by atoms with van der Waals surface area (Å²) in [6.07, 6.45) is 9.57. The van der Waals surface area contributed by atoms with E-state index in [-0.39, 0.29) is 23.4 Å². The summed E-state index contributed by atoms with van der Waals surface area (Å²) in [5.41, 5.74) is 0.353. The molecule has 152 valence electrons. The first-order valence-corrected chi connectivity index (χ1v) is 10.4. The van der Waals surface area contributed by atoms with E-state index in [0.29, 0.717) is 42.5 Å². The molecule has 0 aliphatic heterocycles. The summed E-state index contributed by atoms with van der Waals surface area (Å²) in [6, 6.07) is 0.0797. The second kappa shape index (κ2) is 6.71. The highest BCUT2D eigenvalue weighted by molar-refractivity contribution is 5.73. The minimum absolute atomic E-state index is 0.0797. The Morgan fingerprint density at radius 3 is 2.45 bits per heavy atom. The average molecular weight is 396 g/mol. The summed E-state index contributed by atoms with van der Waals surface area (Å²) < 4.78 is 16.0. The van der Waals surface area contributed by atoms with Crippen molar-refractivity contribution in [1.82, 2.24) is 29.7 Å². The van der Waals surface area contributed by atoms with Crippen molar-refractivity contribution in [2.24, 2.45) is 0 Å². The number of halogens is 1. The highest BCUT2D eigenvalue weighted by Gasteiger charge is 2.38. The first kappa shape index (κ1) is 18.4. The Labute approximate surface area is 167 Å². The second-order valence-corrected chi connectivity index (χ2v) is 8.83. The molecule has 3 aromatic heterocycles. The van der Waals surface area contributed by atoms with Crippen molar-refractivity contribution in [3.63, 3.8) is 0 Å². The Bertz CT molecular complexity index is 1090. The fourth-order valence-corrected chi connectivity index (χ4v) is 4.58. The van der Waals surface area contributed by atoms with Crippen LogP contribution in [0, 0.1) is 6.92 Å². The summed E-state index contributed by atoms with van der Waals surface area (Å²) in [5, 5.41) is 4.94. The molecule has 0 radical (unpaired) electrons. The molecule has 0 saturated heterocycles. The molecule has 8 heteroatoms. The molecule has 0 aromatic carbocycles. The predicted octanol–water partition coefficient (Wildman–Crippen LogP) is 3.72. The van der Waals surface area contributed by atoms with Gasteiger partial charge in [0.05, 0.1) is 12.2 Å². The Morgan fingerprint density at radius 1 is 1.10 bits per heavy atom. The van der Waals surface area contributed by atoms with Crippen LogP contribution in [0.1, 0.15) is 80.5 Å². The van der Waals surface area contributed by atoms with Crippen LogP contribution in [0.25, 0.3) is 11.0 Å². The van der Waals surface area contributed by atoms with Gasteiger partial charge in [-0.3, -0.25) is 4.79 Å². The van der Waals surface area contributed by atoms with Crippen LogP contribution in [0.15, 0.2) is 23.4 Å². The SMILES string of the molecule is Cc1cnc([C@@H]2CC[C@@H]2c2nc3c(cnn3C3CCC(C)(F)CC3)c(=O)[nH]2)nc1. The number of hydrogen-bond acceptors (Lipinski definition) is 5. The zero-order valence-corrected chi connectivity index (χ0v) is 16.7. The number of rotatable bonds is 3. The highest BCUT2D eigenvalue weighted by Crippen LogP contribution is 2.46. The van der Waals surface area contributed by atoms with Gasteiger partial charge in [0.25, 0.3) is 5.56 Å². The topological polar surface area (TPSA) is 89.4 Å². The molecule has 3 heterocycles. The molecule has 7 nitrogen and oxygen atoms in total. The zero-order chi connectivity index (χ0) is 20.2. The molecule has 5 rings (SSSR count). The van der Waals surface area contributed by atoms with E-state index in [0.717, 1.165) is 24.2 Å². The average Bonchev–Trinajstić information content (AvgIpc) is 3.07. The lowest BCUT2D eigenvalue weighted by Crippen LogP contribution is -2.29. The van der Waals surface area contributed by atoms with E-state index < -0.39 is 5.67 Å². The molecule has 2 atom stereocenters. The van der Waals surface area contributed by atoms with E-state index in [1.54, 1.807) is 13.1 Å². The van der Waals surface area contributed by atoms with Gasteiger partial charge in [0, 0.05) is 24.2 Å². The predicted molar refractivity (Wildman–Crippen MR) is 107 cm³/mol. The standard InChI is InChI=1S/C21H25FN6O/c1-12-9-23-17(24-10-12)14-3-4-15(14)18-26-19-16(20(29)27-18)11-25-28(19)13-5-7-21(2,22)8-6-13/h9-11,13-15H,3-8H2,1-2H3,(H,26,27,29)/t13?,14-,15+,21?/m1/s1. The van der Waals surface area contributed by atoms with Crippen LogP contribution >= 0.6 is 0 Å². The fourth-order valence-electron chi connectivity index (χ4n) is 4.58. The third kappa shape index (κ3) is 3.24. The van der Waals surface area contributed by atoms with Gasteiger partial charge in [-0.25, -0.2) is 24.0 Å². The third-order valence-corrected chi connectivity index (χ3v) is 6.58. The van der Waals surface area contributed by atoms with E-state index in [1.807, 2.05) is 24.0 Å². The molecule has 1 N–H and O–H groups in total. The molecular weight excluding hydrogens is 371 g/mol. The quantitative estimate of drug-likeness (QED) is 0.729. The molecule has 2 aliphatic carbocycles. The van der Waals surface area contributed by atoms with Crippen LogP contribution in [0.3, 0.4) is 0 Å². The van der Waals surface area contributed by atoms with Crippen molar-refractivity contribution in [2.75, 3.05) is 0 Å². The molecule has 0 bridgehead atoms. The monoisotopic (exact) mass is 396 g/mol. The minimum atomic E-state index is -1.11. The molecule has 0 unspecified atom stereocenters. The Kier molecular flexibility index (Phi) is 4.26. The van der Waals surface area contributed by atoms with Gasteiger partial charge < -0.3 is 4.98 Å². The number of alkyl halides is 1. The van der Waals surface area contributed by atoms with E-state index in [4.69, 9.17) is 4.98 Å². The van der Waals surface area contributed by atoms with Gasteiger partial charge in [-0.1, -0.05) is 0 Å². The number of fused-ring (bicyclic) bond motifs is 1. The Morgan fingerprint density at radius 2 is 1.79 bits per heavy atom. The molecule has 29 heavy (non-hydrogen) atoms. The van der Waals surface area contributed by atoms with E-state index in [2.05, 4.69) is 20.1 Å². The molecule has 3 aromatic rings. The van der Waals surface area contributed by atoms with Gasteiger partial charge in [-0.15, -0.1) is 0 Å². The number of hydrogen-bond donors (Lipinski definition) is 1. The van der Waals surface area contributed by atoms with Crippen LogP contribution in [-0.2, 0) is 0 Å². The molecule has 2 saturated carbocycles. The maximum absolute atomic E-state index is 14.2. The van der Waals surface area contributed by atoms with Gasteiger partial charge in [-0.05, 0) is 57.9 Å². The van der Waals surface area contributed by atoms with Crippen molar-refractivity contribution < 1.29 is 4.39 Å². The Balaban J connectivity index is 1.48. The molecule has 2 fully saturated rings. The second-order valence-electron chi connectivity index (χ2n) is 8.83. The summed E-state index contributed by atoms with van der Waals surface area (Å²) in [5.74, 6) is 1.74. The van der Waals surface area contributed by atoms with Crippen molar-refractivity contribution >= 4 is 11.0 Å². The lowest BCUT2D eigenvalue weighted by molar-refractivity contribution is 0.103. The van der Waals surface area contributed by atoms with Crippen LogP contribution in [-0.4, -0.2) is 35.4 Å². The van der Waals surface area contributed by atoms with Crippen LogP contribution in [0.5, 0.6) is 0 Å². The van der Waals surface area contributed by atoms with Crippen LogP contribution in [0.4, 0.5) is 4.39 Å². The Hall–Kier alpha value is -2.64. The van der Waals surface area contributed by atoms with Crippen LogP contribution in [0.2, 0.25) is 0 Å². The number of nitrogens with one attached hydrogen (secondary N) is 1. The fraction of sp³-hybridized carbons (Fsp3) is 0.571. The van der Waals surface area contributed by atoms with Gasteiger partial charge in [0.1, 0.15) is 22.7 Å². The van der Waals surface area contributed by atoms with Gasteiger partial charge >= 0.3 is 0 Å². The largest absolute Gasteiger partial charge is 0.310 e. The van der Waals surface area contributed by atoms with Crippen molar-refractivity contribution in [3.8, 4) is 0 Å². The number of nitrogens with zero attached hydrogens (tertiary/aromatic N) is 5. The van der Waals surface area contributed by atoms with Crippen molar-refractivity contribution in [1.29, 1.82) is 0 Å². The van der Waals surface area contributed by atoms with Gasteiger partial charge in [-0.2, -0.15) is 5.10 Å². The maximum Gasteiger partial charge on any atom is 0.262 e. The highest BCUT2D eigenvalue weighted by atomic mass is 19.1. The van der Waals surface area contributed by atoms with Gasteiger partial charge in [0.2, 0.25) is 0 Å². The number of H-pyrrole nitrogens is 1. The third-order valence-electron chi connectivity index (χ3n) is 6.58. The lowest BCUT2D eigenvalue weighted by Gasteiger charge is -2.34. The summed E-state index contributed by atoms with van der Waals surface area (Å²) in [4.78, 5) is 29.4. The van der Waals surface area contributed by atoms with E-state index in [1.165, 1.54) is 0 Å². The zero-order valence-electron chi connectivity index (χ0n) is 16.7. The number of aromatic nitrogens is 6. The van der Waals surface area contributed by atoms with Crippen molar-refractivity contribution in [2.45, 2.75) is 75.9 Å².